The van der Waals surface area contributed by atoms with Crippen molar-refractivity contribution in [2.45, 2.75) is 13.8 Å². The van der Waals surface area contributed by atoms with Gasteiger partial charge in [-0.25, -0.2) is 0 Å². The fourth-order valence-corrected chi connectivity index (χ4v) is 3.54. The highest BCUT2D eigenvalue weighted by Crippen LogP contribution is 2.31. The van der Waals surface area contributed by atoms with Crippen molar-refractivity contribution in [1.29, 1.82) is 0 Å². The van der Waals surface area contributed by atoms with Crippen LogP contribution < -0.4 is 5.32 Å². The van der Waals surface area contributed by atoms with Gasteiger partial charge in [-0.1, -0.05) is 18.2 Å². The van der Waals surface area contributed by atoms with E-state index >= 15 is 0 Å². The lowest BCUT2D eigenvalue weighted by molar-refractivity contribution is -0.112. The molecule has 1 N–H and O–H groups in total. The number of benzene rings is 1. The Hall–Kier alpha value is -2.47. The van der Waals surface area contributed by atoms with Crippen molar-refractivity contribution in [2.24, 2.45) is 7.05 Å². The Morgan fingerprint density at radius 1 is 1.23 bits per heavy atom. The van der Waals surface area contributed by atoms with Gasteiger partial charge >= 0.3 is 0 Å². The number of thiophene rings is 1. The van der Waals surface area contributed by atoms with Crippen LogP contribution in [0.4, 0.5) is 5.82 Å². The molecule has 2 aromatic heterocycles. The molecule has 3 rings (SSSR count). The molecule has 6 heteroatoms. The van der Waals surface area contributed by atoms with Gasteiger partial charge < -0.3 is 5.32 Å². The average molecular weight is 313 g/mol. The molecule has 22 heavy (non-hydrogen) atoms. The first kappa shape index (κ1) is 14.5. The van der Waals surface area contributed by atoms with Crippen molar-refractivity contribution >= 4 is 38.9 Å². The summed E-state index contributed by atoms with van der Waals surface area (Å²) in [6.07, 6.45) is 0. The van der Waals surface area contributed by atoms with Crippen LogP contribution in [0.15, 0.2) is 30.3 Å². The first-order valence-electron chi connectivity index (χ1n) is 6.82. The topological polar surface area (TPSA) is 64.0 Å². The fourth-order valence-electron chi connectivity index (χ4n) is 2.39. The number of fused-ring (bicyclic) bond motifs is 1. The van der Waals surface area contributed by atoms with E-state index in [1.807, 2.05) is 38.1 Å². The number of nitrogens with zero attached hydrogens (tertiary/aromatic N) is 2. The minimum absolute atomic E-state index is 0.484. The third-order valence-electron chi connectivity index (χ3n) is 3.50. The largest absolute Gasteiger partial charge is 0.304 e. The Kier molecular flexibility index (Phi) is 3.54. The van der Waals surface area contributed by atoms with Gasteiger partial charge in [-0.15, -0.1) is 11.3 Å². The summed E-state index contributed by atoms with van der Waals surface area (Å²) in [5.74, 6) is -0.648. The molecule has 0 bridgehead atoms. The highest BCUT2D eigenvalue weighted by molar-refractivity contribution is 7.21. The van der Waals surface area contributed by atoms with Crippen LogP contribution in [0.2, 0.25) is 0 Å². The molecule has 0 aliphatic rings. The Morgan fingerprint density at radius 3 is 2.59 bits per heavy atom. The van der Waals surface area contributed by atoms with Gasteiger partial charge in [-0.3, -0.25) is 14.3 Å². The summed E-state index contributed by atoms with van der Waals surface area (Å²) in [5, 5.41) is 7.78. The van der Waals surface area contributed by atoms with E-state index in [0.29, 0.717) is 10.7 Å². The fraction of sp³-hybridized carbons (Fsp3) is 0.188. The predicted octanol–water partition coefficient (Wildman–Crippen LogP) is 3.07. The number of ketones is 1. The van der Waals surface area contributed by atoms with Crippen LogP contribution in [0.25, 0.3) is 10.1 Å². The summed E-state index contributed by atoms with van der Waals surface area (Å²) >= 11 is 1.35. The number of aryl methyl sites for hydroxylation is 3. The first-order chi connectivity index (χ1) is 10.5. The third kappa shape index (κ3) is 2.42. The standard InChI is InChI=1S/C16H15N3O2S/c1-9-8-13(19(3)18-9)17-16(21)14(20)15-10(2)11-6-4-5-7-12(11)22-15/h4-8H,1-3H3,(H,17,21). The highest BCUT2D eigenvalue weighted by Gasteiger charge is 2.23. The van der Waals surface area contributed by atoms with Gasteiger partial charge in [0.2, 0.25) is 0 Å². The Bertz CT molecular complexity index is 892. The van der Waals surface area contributed by atoms with Gasteiger partial charge in [0.25, 0.3) is 11.7 Å². The van der Waals surface area contributed by atoms with E-state index in [2.05, 4.69) is 10.4 Å². The molecule has 0 atom stereocenters. The van der Waals surface area contributed by atoms with Gasteiger partial charge in [-0.05, 0) is 30.9 Å². The van der Waals surface area contributed by atoms with Crippen LogP contribution >= 0.6 is 11.3 Å². The molecular weight excluding hydrogens is 298 g/mol. The van der Waals surface area contributed by atoms with Gasteiger partial charge in [0.05, 0.1) is 10.6 Å². The van der Waals surface area contributed by atoms with Gasteiger partial charge in [0.15, 0.2) is 0 Å². The maximum atomic E-state index is 12.4. The summed E-state index contributed by atoms with van der Waals surface area (Å²) in [7, 11) is 1.72. The van der Waals surface area contributed by atoms with Crippen molar-refractivity contribution in [2.75, 3.05) is 5.32 Å². The molecule has 2 heterocycles. The summed E-state index contributed by atoms with van der Waals surface area (Å²) in [6, 6.07) is 9.48. The number of amides is 1. The number of carbonyl (C=O) groups is 2. The van der Waals surface area contributed by atoms with E-state index in [4.69, 9.17) is 0 Å². The Labute approximate surface area is 131 Å². The highest BCUT2D eigenvalue weighted by atomic mass is 32.1. The molecule has 5 nitrogen and oxygen atoms in total. The molecular formula is C16H15N3O2S. The smallest absolute Gasteiger partial charge is 0.298 e. The second-order valence-electron chi connectivity index (χ2n) is 5.13. The number of carbonyl (C=O) groups excluding carboxylic acids is 2. The zero-order chi connectivity index (χ0) is 15.9. The molecule has 1 amide bonds. The Balaban J connectivity index is 1.90. The number of nitrogens with one attached hydrogen (secondary N) is 1. The quantitative estimate of drug-likeness (QED) is 0.597. The lowest BCUT2D eigenvalue weighted by atomic mass is 10.1. The second kappa shape index (κ2) is 5.38. The van der Waals surface area contributed by atoms with Crippen LogP contribution in [0.1, 0.15) is 20.9 Å². The van der Waals surface area contributed by atoms with Crippen molar-refractivity contribution in [3.8, 4) is 0 Å². The van der Waals surface area contributed by atoms with E-state index in [9.17, 15) is 9.59 Å². The maximum absolute atomic E-state index is 12.4. The molecule has 112 valence electrons. The summed E-state index contributed by atoms with van der Waals surface area (Å²) < 4.78 is 2.55. The van der Waals surface area contributed by atoms with Crippen molar-refractivity contribution in [3.63, 3.8) is 0 Å². The van der Waals surface area contributed by atoms with E-state index in [1.165, 1.54) is 16.0 Å². The number of aromatic nitrogens is 2. The summed E-state index contributed by atoms with van der Waals surface area (Å²) in [5.41, 5.74) is 1.63. The number of Topliss-reactive ketones (excluding diaryl/α,β-unsaturated/α-hetero) is 1. The lowest BCUT2D eigenvalue weighted by Gasteiger charge is -2.03. The predicted molar refractivity (Wildman–Crippen MR) is 87.5 cm³/mol. The lowest BCUT2D eigenvalue weighted by Crippen LogP contribution is -2.23. The average Bonchev–Trinajstić information content (AvgIpc) is 2.99. The van der Waals surface area contributed by atoms with Crippen LogP contribution in [0.5, 0.6) is 0 Å². The summed E-state index contributed by atoms with van der Waals surface area (Å²) in [6.45, 7) is 3.70. The number of anilines is 1. The second-order valence-corrected chi connectivity index (χ2v) is 6.18. The van der Waals surface area contributed by atoms with Gasteiger partial charge in [-0.2, -0.15) is 5.10 Å². The summed E-state index contributed by atoms with van der Waals surface area (Å²) in [4.78, 5) is 25.1. The minimum atomic E-state index is -0.641. The number of hydrogen-bond donors (Lipinski definition) is 1. The molecule has 0 aliphatic carbocycles. The van der Waals surface area contributed by atoms with Crippen LogP contribution in [-0.4, -0.2) is 21.5 Å². The number of hydrogen-bond acceptors (Lipinski definition) is 4. The molecule has 0 saturated carbocycles. The molecule has 3 aromatic rings. The van der Waals surface area contributed by atoms with E-state index in [0.717, 1.165) is 21.3 Å². The molecule has 0 radical (unpaired) electrons. The third-order valence-corrected chi connectivity index (χ3v) is 4.77. The van der Waals surface area contributed by atoms with Crippen molar-refractivity contribution < 1.29 is 9.59 Å². The maximum Gasteiger partial charge on any atom is 0.298 e. The van der Waals surface area contributed by atoms with E-state index in [1.54, 1.807) is 13.1 Å². The van der Waals surface area contributed by atoms with E-state index in [-0.39, 0.29) is 0 Å². The minimum Gasteiger partial charge on any atom is -0.304 e. The molecule has 0 spiro atoms. The molecule has 0 fully saturated rings. The number of rotatable bonds is 3. The van der Waals surface area contributed by atoms with Gasteiger partial charge in [0, 0.05) is 17.8 Å². The van der Waals surface area contributed by atoms with Crippen molar-refractivity contribution in [1.82, 2.24) is 9.78 Å². The van der Waals surface area contributed by atoms with Crippen LogP contribution in [0.3, 0.4) is 0 Å². The monoisotopic (exact) mass is 313 g/mol. The van der Waals surface area contributed by atoms with Crippen LogP contribution in [-0.2, 0) is 11.8 Å². The zero-order valence-corrected chi connectivity index (χ0v) is 13.3. The van der Waals surface area contributed by atoms with Crippen LogP contribution in [0, 0.1) is 13.8 Å². The zero-order valence-electron chi connectivity index (χ0n) is 12.5. The van der Waals surface area contributed by atoms with Gasteiger partial charge in [0.1, 0.15) is 5.82 Å². The molecule has 0 unspecified atom stereocenters. The SMILES string of the molecule is Cc1cc(NC(=O)C(=O)c2sc3ccccc3c2C)n(C)n1. The first-order valence-corrected chi connectivity index (χ1v) is 7.63. The molecule has 0 saturated heterocycles. The molecule has 1 aromatic carbocycles. The van der Waals surface area contributed by atoms with Crippen molar-refractivity contribution in [3.05, 3.63) is 46.5 Å². The Morgan fingerprint density at radius 2 is 1.95 bits per heavy atom. The van der Waals surface area contributed by atoms with E-state index < -0.39 is 11.7 Å². The molecule has 0 aliphatic heterocycles. The normalized spacial score (nSPS) is 10.9.